The molecule has 0 rings (SSSR count). The van der Waals surface area contributed by atoms with E-state index in [1.54, 1.807) is 0 Å². The van der Waals surface area contributed by atoms with Gasteiger partial charge in [-0.2, -0.15) is 0 Å². The maximum atomic E-state index is 11.4. The summed E-state index contributed by atoms with van der Waals surface area (Å²) in [7, 11) is 1.30. The smallest absolute Gasteiger partial charge is 0.309 e. The molecule has 0 aromatic rings. The quantitative estimate of drug-likeness (QED) is 0.662. The molecule has 0 unspecified atom stereocenters. The van der Waals surface area contributed by atoms with E-state index in [-0.39, 0.29) is 0 Å². The lowest BCUT2D eigenvalue weighted by molar-refractivity contribution is -0.156. The zero-order valence-corrected chi connectivity index (χ0v) is 9.66. The summed E-state index contributed by atoms with van der Waals surface area (Å²) in [6.07, 6.45) is 2.64. The summed E-state index contributed by atoms with van der Waals surface area (Å²) in [6, 6.07) is 0. The Balaban J connectivity index is 4.66. The van der Waals surface area contributed by atoms with Gasteiger partial charge in [0.15, 0.2) is 0 Å². The summed E-state index contributed by atoms with van der Waals surface area (Å²) in [5.74, 6) is -2.42. The van der Waals surface area contributed by atoms with Gasteiger partial charge in [0.05, 0.1) is 18.9 Å². The van der Waals surface area contributed by atoms with Crippen LogP contribution in [0.2, 0.25) is 0 Å². The van der Waals surface area contributed by atoms with Crippen LogP contribution in [0.5, 0.6) is 0 Å². The highest BCUT2D eigenvalue weighted by atomic mass is 16.5. The maximum absolute atomic E-state index is 11.4. The lowest BCUT2D eigenvalue weighted by atomic mass is 9.85. The van der Waals surface area contributed by atoms with Crippen molar-refractivity contribution in [3.63, 3.8) is 0 Å². The van der Waals surface area contributed by atoms with Crippen LogP contribution in [0, 0.1) is 11.8 Å². The molecule has 0 bridgehead atoms. The van der Waals surface area contributed by atoms with Gasteiger partial charge in [0.2, 0.25) is 0 Å². The Labute approximate surface area is 90.6 Å². The van der Waals surface area contributed by atoms with E-state index < -0.39 is 23.8 Å². The van der Waals surface area contributed by atoms with Crippen molar-refractivity contribution in [2.24, 2.45) is 11.8 Å². The Morgan fingerprint density at radius 2 is 1.60 bits per heavy atom. The third-order valence-corrected chi connectivity index (χ3v) is 2.51. The number of carbonyl (C=O) groups excluding carboxylic acids is 1. The van der Waals surface area contributed by atoms with Gasteiger partial charge in [-0.3, -0.25) is 9.59 Å². The SMILES string of the molecule is CCC[C@@H](C(=O)O)[C@@H](CCC)C(=O)OC. The number of carboxylic acids is 1. The van der Waals surface area contributed by atoms with Crippen LogP contribution in [0.15, 0.2) is 0 Å². The molecule has 0 radical (unpaired) electrons. The second kappa shape index (κ2) is 7.26. The Kier molecular flexibility index (Phi) is 6.75. The van der Waals surface area contributed by atoms with Gasteiger partial charge < -0.3 is 9.84 Å². The summed E-state index contributed by atoms with van der Waals surface area (Å²) >= 11 is 0. The van der Waals surface area contributed by atoms with Crippen molar-refractivity contribution in [1.29, 1.82) is 0 Å². The van der Waals surface area contributed by atoms with E-state index in [4.69, 9.17) is 5.11 Å². The average molecular weight is 216 g/mol. The normalized spacial score (nSPS) is 14.3. The Morgan fingerprint density at radius 3 is 1.93 bits per heavy atom. The molecule has 0 saturated heterocycles. The number of hydrogen-bond donors (Lipinski definition) is 1. The van der Waals surface area contributed by atoms with Crippen molar-refractivity contribution in [3.8, 4) is 0 Å². The maximum Gasteiger partial charge on any atom is 0.309 e. The number of aliphatic carboxylic acids is 1. The molecule has 88 valence electrons. The van der Waals surface area contributed by atoms with Crippen LogP contribution in [-0.4, -0.2) is 24.2 Å². The number of carbonyl (C=O) groups is 2. The predicted octanol–water partition coefficient (Wildman–Crippen LogP) is 2.08. The monoisotopic (exact) mass is 216 g/mol. The Morgan fingerprint density at radius 1 is 1.13 bits per heavy atom. The highest BCUT2D eigenvalue weighted by molar-refractivity contribution is 5.80. The topological polar surface area (TPSA) is 63.6 Å². The standard InChI is InChI=1S/C11H20O4/c1-4-6-8(10(12)13)9(7-5-2)11(14)15-3/h8-9H,4-7H2,1-3H3,(H,12,13)/t8-,9-/m1/s1. The fraction of sp³-hybridized carbons (Fsp3) is 0.818. The lowest BCUT2D eigenvalue weighted by Gasteiger charge is -2.20. The number of esters is 1. The van der Waals surface area contributed by atoms with Crippen LogP contribution in [0.1, 0.15) is 39.5 Å². The van der Waals surface area contributed by atoms with Crippen molar-refractivity contribution in [3.05, 3.63) is 0 Å². The molecule has 4 heteroatoms. The van der Waals surface area contributed by atoms with E-state index in [1.807, 2.05) is 13.8 Å². The largest absolute Gasteiger partial charge is 0.481 e. The molecule has 15 heavy (non-hydrogen) atoms. The second-order valence-electron chi connectivity index (χ2n) is 3.65. The Hall–Kier alpha value is -1.06. The molecule has 0 aliphatic carbocycles. The van der Waals surface area contributed by atoms with E-state index >= 15 is 0 Å². The molecule has 0 spiro atoms. The van der Waals surface area contributed by atoms with Crippen LogP contribution in [-0.2, 0) is 14.3 Å². The summed E-state index contributed by atoms with van der Waals surface area (Å²) in [6.45, 7) is 3.84. The van der Waals surface area contributed by atoms with Gasteiger partial charge in [0.1, 0.15) is 0 Å². The number of hydrogen-bond acceptors (Lipinski definition) is 3. The molecule has 2 atom stereocenters. The van der Waals surface area contributed by atoms with E-state index in [0.717, 1.165) is 12.8 Å². The number of rotatable bonds is 7. The first-order valence-corrected chi connectivity index (χ1v) is 5.39. The van der Waals surface area contributed by atoms with E-state index in [9.17, 15) is 9.59 Å². The van der Waals surface area contributed by atoms with Gasteiger partial charge in [-0.05, 0) is 12.8 Å². The lowest BCUT2D eigenvalue weighted by Crippen LogP contribution is -2.30. The van der Waals surface area contributed by atoms with E-state index in [1.165, 1.54) is 7.11 Å². The molecule has 1 N–H and O–H groups in total. The minimum absolute atomic E-state index is 0.405. The van der Waals surface area contributed by atoms with Gasteiger partial charge in [-0.1, -0.05) is 26.7 Å². The van der Waals surface area contributed by atoms with Gasteiger partial charge >= 0.3 is 11.9 Å². The van der Waals surface area contributed by atoms with Crippen molar-refractivity contribution in [1.82, 2.24) is 0 Å². The molecule has 0 aliphatic rings. The number of ether oxygens (including phenoxy) is 1. The molecule has 0 amide bonds. The molecule has 0 aromatic carbocycles. The predicted molar refractivity (Wildman–Crippen MR) is 56.4 cm³/mol. The van der Waals surface area contributed by atoms with Crippen LogP contribution in [0.25, 0.3) is 0 Å². The zero-order valence-electron chi connectivity index (χ0n) is 9.66. The second-order valence-corrected chi connectivity index (χ2v) is 3.65. The van der Waals surface area contributed by atoms with E-state index in [0.29, 0.717) is 12.8 Å². The van der Waals surface area contributed by atoms with Crippen LogP contribution >= 0.6 is 0 Å². The molecule has 4 nitrogen and oxygen atoms in total. The molecule has 0 aliphatic heterocycles. The number of methoxy groups -OCH3 is 1. The molecule has 0 heterocycles. The van der Waals surface area contributed by atoms with Gasteiger partial charge in [-0.15, -0.1) is 0 Å². The van der Waals surface area contributed by atoms with Gasteiger partial charge in [0, 0.05) is 0 Å². The number of carboxylic acid groups (broad SMARTS) is 1. The minimum atomic E-state index is -0.902. The van der Waals surface area contributed by atoms with Gasteiger partial charge in [0.25, 0.3) is 0 Å². The minimum Gasteiger partial charge on any atom is -0.481 e. The van der Waals surface area contributed by atoms with E-state index in [2.05, 4.69) is 4.74 Å². The van der Waals surface area contributed by atoms with Crippen LogP contribution in [0.3, 0.4) is 0 Å². The molecular weight excluding hydrogens is 196 g/mol. The van der Waals surface area contributed by atoms with Crippen molar-refractivity contribution in [2.75, 3.05) is 7.11 Å². The third-order valence-electron chi connectivity index (χ3n) is 2.51. The zero-order chi connectivity index (χ0) is 11.8. The summed E-state index contributed by atoms with van der Waals surface area (Å²) in [5.41, 5.74) is 0. The third kappa shape index (κ3) is 4.32. The highest BCUT2D eigenvalue weighted by Crippen LogP contribution is 2.24. The first kappa shape index (κ1) is 13.9. The fourth-order valence-corrected chi connectivity index (χ4v) is 1.75. The van der Waals surface area contributed by atoms with Crippen molar-refractivity contribution in [2.45, 2.75) is 39.5 Å². The highest BCUT2D eigenvalue weighted by Gasteiger charge is 2.32. The summed E-state index contributed by atoms with van der Waals surface area (Å²) in [4.78, 5) is 22.5. The Bertz CT molecular complexity index is 213. The van der Waals surface area contributed by atoms with Crippen molar-refractivity contribution >= 4 is 11.9 Å². The van der Waals surface area contributed by atoms with Crippen molar-refractivity contribution < 1.29 is 19.4 Å². The first-order chi connectivity index (χ1) is 7.08. The molecular formula is C11H20O4. The summed E-state index contributed by atoms with van der Waals surface area (Å²) in [5, 5.41) is 9.04. The van der Waals surface area contributed by atoms with Gasteiger partial charge in [-0.25, -0.2) is 0 Å². The fourth-order valence-electron chi connectivity index (χ4n) is 1.75. The molecule has 0 aromatic heterocycles. The van der Waals surface area contributed by atoms with Crippen LogP contribution < -0.4 is 0 Å². The average Bonchev–Trinajstić information content (AvgIpc) is 2.21. The first-order valence-electron chi connectivity index (χ1n) is 5.39. The molecule has 0 fully saturated rings. The summed E-state index contributed by atoms with van der Waals surface area (Å²) < 4.78 is 4.64. The van der Waals surface area contributed by atoms with Crippen LogP contribution in [0.4, 0.5) is 0 Å². The molecule has 0 saturated carbocycles.